The van der Waals surface area contributed by atoms with E-state index in [2.05, 4.69) is 135 Å². The number of benzene rings is 6. The van der Waals surface area contributed by atoms with Gasteiger partial charge in [-0.05, 0) is 75.8 Å². The Kier molecular flexibility index (Phi) is 6.70. The first-order chi connectivity index (χ1) is 23.0. The Labute approximate surface area is 284 Å². The number of aromatic nitrogens is 2. The van der Waals surface area contributed by atoms with E-state index in [0.29, 0.717) is 0 Å². The van der Waals surface area contributed by atoms with Crippen LogP contribution in [0.25, 0.3) is 56.2 Å². The minimum absolute atomic E-state index is 0.0999. The maximum absolute atomic E-state index is 5.08. The van der Waals surface area contributed by atoms with Crippen LogP contribution in [0.5, 0.6) is 0 Å². The normalized spacial score (nSPS) is 13.7. The predicted octanol–water partition coefficient (Wildman–Crippen LogP) is 12.1. The number of hydrogen-bond donors (Lipinski definition) is 0. The number of nitrogens with zero attached hydrogens (tertiary/aromatic N) is 2. The molecule has 0 spiro atoms. The third-order valence-corrected chi connectivity index (χ3v) is 11.9. The Morgan fingerprint density at radius 2 is 0.957 bits per heavy atom. The molecule has 6 aromatic carbocycles. The van der Waals surface area contributed by atoms with E-state index in [1.165, 1.54) is 53.0 Å². The first-order valence-corrected chi connectivity index (χ1v) is 17.5. The second-order valence-corrected chi connectivity index (χ2v) is 14.8. The smallest absolute Gasteiger partial charge is 0.160 e. The van der Waals surface area contributed by atoms with Gasteiger partial charge in [0.1, 0.15) is 0 Å². The fraction of sp³-hybridized carbons (Fsp3) is 0.0698. The van der Waals surface area contributed by atoms with Gasteiger partial charge in [0.2, 0.25) is 0 Å². The van der Waals surface area contributed by atoms with Gasteiger partial charge in [-0.3, -0.25) is 0 Å². The van der Waals surface area contributed by atoms with Crippen molar-refractivity contribution < 1.29 is 0 Å². The molecule has 0 N–H and O–H groups in total. The second kappa shape index (κ2) is 11.1. The van der Waals surface area contributed by atoms with Crippen LogP contribution >= 0.6 is 23.5 Å². The zero-order valence-corrected chi connectivity index (χ0v) is 27.7. The van der Waals surface area contributed by atoms with Gasteiger partial charge in [-0.2, -0.15) is 0 Å². The molecule has 1 aliphatic carbocycles. The maximum atomic E-state index is 5.08. The lowest BCUT2D eigenvalue weighted by atomic mass is 9.81. The van der Waals surface area contributed by atoms with Gasteiger partial charge in [0.05, 0.1) is 11.4 Å². The quantitative estimate of drug-likeness (QED) is 0.192. The largest absolute Gasteiger partial charge is 0.228 e. The number of fused-ring (bicyclic) bond motifs is 5. The first kappa shape index (κ1) is 28.3. The van der Waals surface area contributed by atoms with Gasteiger partial charge < -0.3 is 0 Å². The molecule has 0 radical (unpaired) electrons. The van der Waals surface area contributed by atoms with Gasteiger partial charge in [-0.15, -0.1) is 0 Å². The highest BCUT2D eigenvalue weighted by Gasteiger charge is 2.37. The van der Waals surface area contributed by atoms with E-state index < -0.39 is 0 Å². The lowest BCUT2D eigenvalue weighted by Gasteiger charge is -2.24. The van der Waals surface area contributed by atoms with E-state index in [1.807, 2.05) is 47.8 Å². The van der Waals surface area contributed by atoms with Crippen molar-refractivity contribution in [2.45, 2.75) is 38.8 Å². The highest BCUT2D eigenvalue weighted by Crippen LogP contribution is 2.56. The van der Waals surface area contributed by atoms with Gasteiger partial charge in [-0.1, -0.05) is 140 Å². The molecule has 0 fully saturated rings. The first-order valence-electron chi connectivity index (χ1n) is 15.9. The van der Waals surface area contributed by atoms with Crippen molar-refractivity contribution in [3.05, 3.63) is 157 Å². The second-order valence-electron chi connectivity index (χ2n) is 12.7. The molecule has 2 nitrogen and oxygen atoms in total. The number of hydrogen-bond acceptors (Lipinski definition) is 4. The molecule has 0 amide bonds. The van der Waals surface area contributed by atoms with Crippen molar-refractivity contribution in [3.63, 3.8) is 0 Å². The Hall–Kier alpha value is -4.90. The Balaban J connectivity index is 1.11. The third-order valence-electron chi connectivity index (χ3n) is 9.35. The minimum Gasteiger partial charge on any atom is -0.228 e. The fourth-order valence-electron chi connectivity index (χ4n) is 6.86. The van der Waals surface area contributed by atoms with Gasteiger partial charge >= 0.3 is 0 Å². The van der Waals surface area contributed by atoms with Crippen LogP contribution in [0.2, 0.25) is 0 Å². The van der Waals surface area contributed by atoms with E-state index in [1.54, 1.807) is 0 Å². The Morgan fingerprint density at radius 1 is 0.404 bits per heavy atom. The highest BCUT2D eigenvalue weighted by molar-refractivity contribution is 8.05. The summed E-state index contributed by atoms with van der Waals surface area (Å²) >= 11 is 3.79. The van der Waals surface area contributed by atoms with Crippen LogP contribution in [-0.4, -0.2) is 9.97 Å². The molecule has 7 aromatic rings. The lowest BCUT2D eigenvalue weighted by Crippen LogP contribution is -2.15. The predicted molar refractivity (Wildman–Crippen MR) is 196 cm³/mol. The third kappa shape index (κ3) is 4.91. The fourth-order valence-corrected chi connectivity index (χ4v) is 9.14. The molecule has 0 atom stereocenters. The molecular formula is C43H30N2S2. The summed E-state index contributed by atoms with van der Waals surface area (Å²) in [6.07, 6.45) is 0. The van der Waals surface area contributed by atoms with Crippen LogP contribution in [0, 0.1) is 0 Å². The van der Waals surface area contributed by atoms with Crippen molar-refractivity contribution in [3.8, 4) is 56.2 Å². The average Bonchev–Trinajstić information content (AvgIpc) is 3.35. The van der Waals surface area contributed by atoms with Gasteiger partial charge in [0.25, 0.3) is 0 Å². The number of rotatable bonds is 4. The van der Waals surface area contributed by atoms with E-state index in [0.717, 1.165) is 33.9 Å². The van der Waals surface area contributed by atoms with E-state index in [9.17, 15) is 0 Å². The summed E-state index contributed by atoms with van der Waals surface area (Å²) in [5, 5.41) is 0. The van der Waals surface area contributed by atoms with Gasteiger partial charge in [0.15, 0.2) is 5.82 Å². The Morgan fingerprint density at radius 3 is 1.68 bits per heavy atom. The summed E-state index contributed by atoms with van der Waals surface area (Å²) < 4.78 is 0. The summed E-state index contributed by atoms with van der Waals surface area (Å²) in [4.78, 5) is 15.5. The van der Waals surface area contributed by atoms with Crippen LogP contribution in [-0.2, 0) is 5.41 Å². The highest BCUT2D eigenvalue weighted by atomic mass is 32.2. The molecule has 2 heterocycles. The average molecular weight is 639 g/mol. The molecule has 1 aliphatic heterocycles. The molecule has 0 saturated heterocycles. The standard InChI is InChI=1S/C43H30N2S2/c1-43(2)34-23-30(20-21-32(34)33-24-40-41(25-35(33)43)47-39-19-10-9-18-38(39)46-40)29-16-11-17-31(22-29)37-26-36(27-12-5-3-6-13-27)44-42(45-37)28-14-7-4-8-15-28/h3-26H,1-2H3. The van der Waals surface area contributed by atoms with E-state index in [4.69, 9.17) is 9.97 Å². The zero-order valence-electron chi connectivity index (χ0n) is 26.1. The summed E-state index contributed by atoms with van der Waals surface area (Å²) in [5.74, 6) is 0.728. The zero-order chi connectivity index (χ0) is 31.5. The molecule has 0 bridgehead atoms. The van der Waals surface area contributed by atoms with Crippen LogP contribution < -0.4 is 0 Å². The van der Waals surface area contributed by atoms with Crippen molar-refractivity contribution >= 4 is 23.5 Å². The molecule has 224 valence electrons. The van der Waals surface area contributed by atoms with Gasteiger partial charge in [0, 0.05) is 41.7 Å². The summed E-state index contributed by atoms with van der Waals surface area (Å²) in [6.45, 7) is 4.74. The lowest BCUT2D eigenvalue weighted by molar-refractivity contribution is 0.658. The molecule has 0 saturated carbocycles. The molecule has 0 unspecified atom stereocenters. The van der Waals surface area contributed by atoms with Crippen LogP contribution in [0.4, 0.5) is 0 Å². The molecule has 47 heavy (non-hydrogen) atoms. The van der Waals surface area contributed by atoms with E-state index >= 15 is 0 Å². The van der Waals surface area contributed by atoms with Gasteiger partial charge in [-0.25, -0.2) is 9.97 Å². The van der Waals surface area contributed by atoms with E-state index in [-0.39, 0.29) is 5.41 Å². The summed E-state index contributed by atoms with van der Waals surface area (Å²) in [5.41, 5.74) is 12.8. The Bertz CT molecular complexity index is 2270. The van der Waals surface area contributed by atoms with Crippen LogP contribution in [0.1, 0.15) is 25.0 Å². The summed E-state index contributed by atoms with van der Waals surface area (Å²) in [7, 11) is 0. The maximum Gasteiger partial charge on any atom is 0.160 e. The molecule has 1 aromatic heterocycles. The molecule has 9 rings (SSSR count). The SMILES string of the molecule is CC1(C)c2cc(-c3cccc(-c4cc(-c5ccccc5)nc(-c5ccccc5)n4)c3)ccc2-c2cc3c(cc21)Sc1ccccc1S3. The van der Waals surface area contributed by atoms with Crippen molar-refractivity contribution in [1.29, 1.82) is 0 Å². The van der Waals surface area contributed by atoms with Crippen molar-refractivity contribution in [1.82, 2.24) is 9.97 Å². The monoisotopic (exact) mass is 638 g/mol. The summed E-state index contributed by atoms with van der Waals surface area (Å²) in [6, 6.07) is 52.1. The van der Waals surface area contributed by atoms with Crippen LogP contribution in [0.3, 0.4) is 0 Å². The molecule has 4 heteroatoms. The molecule has 2 aliphatic rings. The van der Waals surface area contributed by atoms with Crippen molar-refractivity contribution in [2.24, 2.45) is 0 Å². The van der Waals surface area contributed by atoms with Crippen LogP contribution in [0.15, 0.2) is 165 Å². The topological polar surface area (TPSA) is 25.8 Å². The van der Waals surface area contributed by atoms with Crippen molar-refractivity contribution in [2.75, 3.05) is 0 Å². The minimum atomic E-state index is -0.0999. The molecular weight excluding hydrogens is 609 g/mol.